The molecule has 1 amide bonds. The summed E-state index contributed by atoms with van der Waals surface area (Å²) in [6, 6.07) is 4.53. The van der Waals surface area contributed by atoms with Gasteiger partial charge in [0.05, 0.1) is 23.2 Å². The van der Waals surface area contributed by atoms with Gasteiger partial charge in [0.2, 0.25) is 5.82 Å². The summed E-state index contributed by atoms with van der Waals surface area (Å²) in [5, 5.41) is 6.56. The number of ether oxygens (including phenoxy) is 1. The standard InChI is InChI=1S/C18H12F3N5O4/c1-9-12(2-3-13(23-9)15-25-16(30-26-15)18(19,20)21)24-17(27)29-8-11-7-22-6-10-4-5-28-14(10)11/h2-7H,8H2,1H3,(H,24,27). The summed E-state index contributed by atoms with van der Waals surface area (Å²) >= 11 is 0. The maximum absolute atomic E-state index is 12.6. The number of hydrogen-bond donors (Lipinski definition) is 1. The number of rotatable bonds is 4. The first-order valence-corrected chi connectivity index (χ1v) is 8.44. The summed E-state index contributed by atoms with van der Waals surface area (Å²) in [7, 11) is 0. The third kappa shape index (κ3) is 3.92. The van der Waals surface area contributed by atoms with Crippen LogP contribution in [0.4, 0.5) is 23.7 Å². The van der Waals surface area contributed by atoms with Crippen molar-refractivity contribution in [1.29, 1.82) is 0 Å². The zero-order chi connectivity index (χ0) is 21.3. The Morgan fingerprint density at radius 3 is 2.77 bits per heavy atom. The van der Waals surface area contributed by atoms with Gasteiger partial charge in [-0.15, -0.1) is 0 Å². The Balaban J connectivity index is 1.43. The van der Waals surface area contributed by atoms with Crippen LogP contribution in [-0.4, -0.2) is 26.2 Å². The minimum Gasteiger partial charge on any atom is -0.464 e. The second-order valence-corrected chi connectivity index (χ2v) is 6.09. The number of alkyl halides is 3. The first-order chi connectivity index (χ1) is 14.3. The predicted molar refractivity (Wildman–Crippen MR) is 95.1 cm³/mol. The zero-order valence-corrected chi connectivity index (χ0v) is 15.2. The first kappa shape index (κ1) is 19.4. The SMILES string of the molecule is Cc1nc(-c2noc(C(F)(F)F)n2)ccc1NC(=O)OCc1cncc2ccoc12. The molecule has 154 valence electrons. The Morgan fingerprint density at radius 2 is 2.03 bits per heavy atom. The van der Waals surface area contributed by atoms with Gasteiger partial charge in [-0.3, -0.25) is 10.3 Å². The van der Waals surface area contributed by atoms with Gasteiger partial charge in [0.25, 0.3) is 0 Å². The second kappa shape index (κ2) is 7.46. The lowest BCUT2D eigenvalue weighted by Gasteiger charge is -2.09. The van der Waals surface area contributed by atoms with E-state index in [1.165, 1.54) is 24.6 Å². The fourth-order valence-electron chi connectivity index (χ4n) is 2.60. The first-order valence-electron chi connectivity index (χ1n) is 8.44. The van der Waals surface area contributed by atoms with E-state index >= 15 is 0 Å². The van der Waals surface area contributed by atoms with Crippen LogP contribution in [0, 0.1) is 6.92 Å². The molecule has 0 fully saturated rings. The van der Waals surface area contributed by atoms with Gasteiger partial charge in [-0.1, -0.05) is 5.16 Å². The molecule has 1 N–H and O–H groups in total. The van der Waals surface area contributed by atoms with Gasteiger partial charge in [0, 0.05) is 17.8 Å². The Kier molecular flexibility index (Phi) is 4.82. The van der Waals surface area contributed by atoms with Gasteiger partial charge >= 0.3 is 18.2 Å². The molecule has 0 bridgehead atoms. The highest BCUT2D eigenvalue weighted by Gasteiger charge is 2.38. The molecule has 0 unspecified atom stereocenters. The topological polar surface area (TPSA) is 116 Å². The minimum absolute atomic E-state index is 0.0567. The van der Waals surface area contributed by atoms with Crippen molar-refractivity contribution < 1.29 is 31.6 Å². The zero-order valence-electron chi connectivity index (χ0n) is 15.2. The third-order valence-electron chi connectivity index (χ3n) is 4.01. The number of nitrogens with zero attached hydrogens (tertiary/aromatic N) is 4. The summed E-state index contributed by atoms with van der Waals surface area (Å²) < 4.78 is 52.4. The van der Waals surface area contributed by atoms with Gasteiger partial charge in [-0.25, -0.2) is 9.78 Å². The number of furan rings is 1. The maximum Gasteiger partial charge on any atom is 0.471 e. The molecule has 0 spiro atoms. The van der Waals surface area contributed by atoms with E-state index in [0.29, 0.717) is 22.5 Å². The molecule has 30 heavy (non-hydrogen) atoms. The molecule has 0 aliphatic heterocycles. The Hall–Kier alpha value is -3.96. The average molecular weight is 419 g/mol. The number of nitrogens with one attached hydrogen (secondary N) is 1. The lowest BCUT2D eigenvalue weighted by atomic mass is 10.2. The Bertz CT molecular complexity index is 1220. The largest absolute Gasteiger partial charge is 0.471 e. The van der Waals surface area contributed by atoms with E-state index in [9.17, 15) is 18.0 Å². The van der Waals surface area contributed by atoms with Crippen molar-refractivity contribution >= 4 is 22.7 Å². The smallest absolute Gasteiger partial charge is 0.464 e. The average Bonchev–Trinajstić information content (AvgIpc) is 3.37. The van der Waals surface area contributed by atoms with Crippen LogP contribution in [0.5, 0.6) is 0 Å². The molecule has 0 saturated heterocycles. The molecule has 0 aliphatic rings. The number of halogens is 3. The summed E-state index contributed by atoms with van der Waals surface area (Å²) in [4.78, 5) is 23.5. The highest BCUT2D eigenvalue weighted by atomic mass is 19.4. The third-order valence-corrected chi connectivity index (χ3v) is 4.01. The van der Waals surface area contributed by atoms with Crippen molar-refractivity contribution in [2.75, 3.05) is 5.32 Å². The van der Waals surface area contributed by atoms with E-state index in [-0.39, 0.29) is 18.1 Å². The molecule has 4 rings (SSSR count). The lowest BCUT2D eigenvalue weighted by molar-refractivity contribution is -0.159. The van der Waals surface area contributed by atoms with Gasteiger partial charge in [-0.05, 0) is 25.1 Å². The van der Waals surface area contributed by atoms with Gasteiger partial charge in [0.1, 0.15) is 17.9 Å². The monoisotopic (exact) mass is 419 g/mol. The van der Waals surface area contributed by atoms with Crippen molar-refractivity contribution in [2.24, 2.45) is 0 Å². The van der Waals surface area contributed by atoms with Crippen LogP contribution >= 0.6 is 0 Å². The van der Waals surface area contributed by atoms with Crippen molar-refractivity contribution in [3.05, 3.63) is 54.0 Å². The molecule has 9 nitrogen and oxygen atoms in total. The number of carbonyl (C=O) groups is 1. The molecule has 12 heteroatoms. The number of fused-ring (bicyclic) bond motifs is 1. The van der Waals surface area contributed by atoms with Crippen molar-refractivity contribution in [3.8, 4) is 11.5 Å². The number of anilines is 1. The molecular formula is C18H12F3N5O4. The molecule has 0 atom stereocenters. The number of aryl methyl sites for hydroxylation is 1. The van der Waals surface area contributed by atoms with E-state index in [1.54, 1.807) is 19.2 Å². The fraction of sp³-hybridized carbons (Fsp3) is 0.167. The number of carbonyl (C=O) groups excluding carboxylic acids is 1. The number of pyridine rings is 2. The van der Waals surface area contributed by atoms with Crippen molar-refractivity contribution in [2.45, 2.75) is 19.7 Å². The maximum atomic E-state index is 12.6. The molecule has 4 aromatic heterocycles. The summed E-state index contributed by atoms with van der Waals surface area (Å²) in [6.45, 7) is 1.48. The Labute approximate surface area is 165 Å². The van der Waals surface area contributed by atoms with E-state index in [1.807, 2.05) is 0 Å². The van der Waals surface area contributed by atoms with Crippen LogP contribution in [0.25, 0.3) is 22.5 Å². The summed E-state index contributed by atoms with van der Waals surface area (Å²) in [6.07, 6.45) is -0.842. The number of amides is 1. The molecule has 0 aliphatic carbocycles. The molecular weight excluding hydrogens is 407 g/mol. The molecule has 0 aromatic carbocycles. The van der Waals surface area contributed by atoms with E-state index < -0.39 is 18.2 Å². The van der Waals surface area contributed by atoms with Crippen LogP contribution in [0.1, 0.15) is 17.1 Å². The highest BCUT2D eigenvalue weighted by molar-refractivity contribution is 5.86. The van der Waals surface area contributed by atoms with Gasteiger partial charge in [-0.2, -0.15) is 18.2 Å². The van der Waals surface area contributed by atoms with E-state index in [2.05, 4.69) is 29.9 Å². The van der Waals surface area contributed by atoms with Crippen LogP contribution in [0.15, 0.2) is 45.8 Å². The molecule has 4 heterocycles. The van der Waals surface area contributed by atoms with Crippen LogP contribution < -0.4 is 5.32 Å². The predicted octanol–water partition coefficient (Wildman–Crippen LogP) is 4.35. The minimum atomic E-state index is -4.75. The second-order valence-electron chi connectivity index (χ2n) is 6.09. The molecule has 0 radical (unpaired) electrons. The lowest BCUT2D eigenvalue weighted by Crippen LogP contribution is -2.15. The highest BCUT2D eigenvalue weighted by Crippen LogP contribution is 2.29. The Morgan fingerprint density at radius 1 is 1.20 bits per heavy atom. The molecule has 0 saturated carbocycles. The van der Waals surface area contributed by atoms with Crippen LogP contribution in [-0.2, 0) is 17.5 Å². The van der Waals surface area contributed by atoms with Crippen molar-refractivity contribution in [1.82, 2.24) is 20.1 Å². The van der Waals surface area contributed by atoms with E-state index in [0.717, 1.165) is 5.39 Å². The summed E-state index contributed by atoms with van der Waals surface area (Å²) in [5.41, 5.74) is 1.84. The van der Waals surface area contributed by atoms with Gasteiger partial charge < -0.3 is 13.7 Å². The van der Waals surface area contributed by atoms with E-state index in [4.69, 9.17) is 9.15 Å². The van der Waals surface area contributed by atoms with Crippen molar-refractivity contribution in [3.63, 3.8) is 0 Å². The fourth-order valence-corrected chi connectivity index (χ4v) is 2.60. The summed E-state index contributed by atoms with van der Waals surface area (Å²) in [5.74, 6) is -1.79. The quantitative estimate of drug-likeness (QED) is 0.519. The normalized spacial score (nSPS) is 11.6. The number of hydrogen-bond acceptors (Lipinski definition) is 8. The number of aromatic nitrogens is 4. The van der Waals surface area contributed by atoms with Gasteiger partial charge in [0.15, 0.2) is 0 Å². The molecule has 4 aromatic rings. The van der Waals surface area contributed by atoms with Crippen LogP contribution in [0.3, 0.4) is 0 Å². The van der Waals surface area contributed by atoms with Crippen LogP contribution in [0.2, 0.25) is 0 Å².